The minimum absolute atomic E-state index is 0.204. The van der Waals surface area contributed by atoms with Gasteiger partial charge in [-0.15, -0.1) is 11.3 Å². The van der Waals surface area contributed by atoms with Crippen molar-refractivity contribution in [2.45, 2.75) is 45.6 Å². The van der Waals surface area contributed by atoms with E-state index in [1.54, 1.807) is 13.0 Å². The van der Waals surface area contributed by atoms with Gasteiger partial charge in [0.05, 0.1) is 11.1 Å². The van der Waals surface area contributed by atoms with Crippen LogP contribution in [0.1, 0.15) is 47.4 Å². The number of hydrogen-bond donors (Lipinski definition) is 1. The summed E-state index contributed by atoms with van der Waals surface area (Å²) in [4.78, 5) is 26.9. The van der Waals surface area contributed by atoms with Gasteiger partial charge in [0.1, 0.15) is 17.1 Å². The molecule has 0 aliphatic heterocycles. The number of benzene rings is 1. The van der Waals surface area contributed by atoms with Crippen molar-refractivity contribution in [1.82, 2.24) is 4.57 Å². The number of aryl methyl sites for hydroxylation is 2. The number of hydrogen-bond acceptors (Lipinski definition) is 4. The number of amides is 1. The van der Waals surface area contributed by atoms with Gasteiger partial charge < -0.3 is 5.32 Å². The molecule has 4 rings (SSSR count). The first-order valence-electron chi connectivity index (χ1n) is 9.47. The maximum Gasteiger partial charge on any atom is 0.252 e. The normalized spacial score (nSPS) is 14.3. The summed E-state index contributed by atoms with van der Waals surface area (Å²) in [5.41, 5.74) is 3.09. The zero-order valence-corrected chi connectivity index (χ0v) is 16.7. The Hall–Kier alpha value is -2.91. The average Bonchev–Trinajstić information content (AvgIpc) is 3.04. The Balaban J connectivity index is 1.71. The fraction of sp³-hybridized carbons (Fsp3) is 0.318. The summed E-state index contributed by atoms with van der Waals surface area (Å²) in [5.74, 6) is -0.286. The number of para-hydroxylation sites is 1. The van der Waals surface area contributed by atoms with Crippen molar-refractivity contribution < 1.29 is 4.79 Å². The second-order valence-corrected chi connectivity index (χ2v) is 8.35. The molecule has 28 heavy (non-hydrogen) atoms. The first kappa shape index (κ1) is 18.5. The van der Waals surface area contributed by atoms with Crippen molar-refractivity contribution in [3.63, 3.8) is 0 Å². The highest BCUT2D eigenvalue weighted by Gasteiger charge is 2.25. The van der Waals surface area contributed by atoms with E-state index in [1.807, 2.05) is 31.2 Å². The minimum Gasteiger partial charge on any atom is -0.315 e. The summed E-state index contributed by atoms with van der Waals surface area (Å²) in [6, 6.07) is 10.7. The Morgan fingerprint density at radius 1 is 1.29 bits per heavy atom. The Morgan fingerprint density at radius 3 is 2.82 bits per heavy atom. The van der Waals surface area contributed by atoms with Crippen LogP contribution in [-0.4, -0.2) is 10.5 Å². The van der Waals surface area contributed by atoms with Gasteiger partial charge in [0, 0.05) is 16.3 Å². The van der Waals surface area contributed by atoms with Crippen LogP contribution in [0.4, 0.5) is 5.00 Å². The van der Waals surface area contributed by atoms with Crippen LogP contribution >= 0.6 is 11.3 Å². The Bertz CT molecular complexity index is 1180. The van der Waals surface area contributed by atoms with Crippen molar-refractivity contribution in [2.75, 3.05) is 5.32 Å². The predicted molar refractivity (Wildman–Crippen MR) is 112 cm³/mol. The smallest absolute Gasteiger partial charge is 0.252 e. The molecule has 1 aliphatic rings. The van der Waals surface area contributed by atoms with E-state index in [1.165, 1.54) is 20.8 Å². The molecule has 1 aliphatic carbocycles. The lowest BCUT2D eigenvalue weighted by Gasteiger charge is -2.18. The molecule has 2 aromatic heterocycles. The average molecular weight is 391 g/mol. The standard InChI is InChI=1S/C22H21N3O2S/c1-13-11-20(26)25(18-9-5-3-7-15(13)18)14(2)21(27)24-22-17(12-23)16-8-4-6-10-19(16)28-22/h3,5,7,9,11,14H,4,6,8,10H2,1-2H3,(H,24,27). The van der Waals surface area contributed by atoms with E-state index in [0.717, 1.165) is 47.7 Å². The third-order valence-electron chi connectivity index (χ3n) is 5.45. The lowest BCUT2D eigenvalue weighted by Crippen LogP contribution is -2.31. The molecule has 5 nitrogen and oxygen atoms in total. The van der Waals surface area contributed by atoms with Gasteiger partial charge in [-0.25, -0.2) is 0 Å². The van der Waals surface area contributed by atoms with E-state index in [9.17, 15) is 14.9 Å². The molecule has 0 saturated carbocycles. The Morgan fingerprint density at radius 2 is 2.04 bits per heavy atom. The summed E-state index contributed by atoms with van der Waals surface area (Å²) in [6.45, 7) is 3.62. The summed E-state index contributed by atoms with van der Waals surface area (Å²) >= 11 is 1.50. The molecule has 3 aromatic rings. The van der Waals surface area contributed by atoms with Crippen LogP contribution in [0.25, 0.3) is 10.9 Å². The molecule has 1 amide bonds. The summed E-state index contributed by atoms with van der Waals surface area (Å²) in [6.07, 6.45) is 4.05. The summed E-state index contributed by atoms with van der Waals surface area (Å²) in [5, 5.41) is 14.1. The lowest BCUT2D eigenvalue weighted by molar-refractivity contribution is -0.118. The molecule has 1 atom stereocenters. The number of aromatic nitrogens is 1. The van der Waals surface area contributed by atoms with Gasteiger partial charge in [0.25, 0.3) is 5.56 Å². The molecule has 1 N–H and O–H groups in total. The van der Waals surface area contributed by atoms with Gasteiger partial charge in [-0.1, -0.05) is 18.2 Å². The number of carbonyl (C=O) groups excluding carboxylic acids is 1. The van der Waals surface area contributed by atoms with Crippen molar-refractivity contribution in [2.24, 2.45) is 0 Å². The van der Waals surface area contributed by atoms with Gasteiger partial charge >= 0.3 is 0 Å². The molecular formula is C22H21N3O2S. The zero-order chi connectivity index (χ0) is 19.8. The molecular weight excluding hydrogens is 370 g/mol. The molecule has 0 saturated heterocycles. The first-order chi connectivity index (χ1) is 13.5. The van der Waals surface area contributed by atoms with Gasteiger partial charge in [0.15, 0.2) is 0 Å². The topological polar surface area (TPSA) is 74.9 Å². The lowest BCUT2D eigenvalue weighted by atomic mass is 9.96. The van der Waals surface area contributed by atoms with Crippen LogP contribution in [0.2, 0.25) is 0 Å². The highest BCUT2D eigenvalue weighted by atomic mass is 32.1. The number of nitriles is 1. The quantitative estimate of drug-likeness (QED) is 0.722. The largest absolute Gasteiger partial charge is 0.315 e. The Kier molecular flexibility index (Phi) is 4.78. The van der Waals surface area contributed by atoms with Crippen LogP contribution in [0, 0.1) is 18.3 Å². The fourth-order valence-corrected chi connectivity index (χ4v) is 5.22. The third kappa shape index (κ3) is 3.02. The molecule has 0 fully saturated rings. The van der Waals surface area contributed by atoms with Crippen molar-refractivity contribution in [3.05, 3.63) is 62.3 Å². The molecule has 1 aromatic carbocycles. The minimum atomic E-state index is -0.691. The van der Waals surface area contributed by atoms with Crippen molar-refractivity contribution in [1.29, 1.82) is 5.26 Å². The van der Waals surface area contributed by atoms with Crippen LogP contribution in [0.5, 0.6) is 0 Å². The zero-order valence-electron chi connectivity index (χ0n) is 15.9. The number of nitrogens with one attached hydrogen (secondary N) is 1. The highest BCUT2D eigenvalue weighted by molar-refractivity contribution is 7.16. The second kappa shape index (κ2) is 7.25. The molecule has 1 unspecified atom stereocenters. The fourth-order valence-electron chi connectivity index (χ4n) is 3.97. The monoisotopic (exact) mass is 391 g/mol. The molecule has 142 valence electrons. The number of thiophene rings is 1. The second-order valence-electron chi connectivity index (χ2n) is 7.24. The van der Waals surface area contributed by atoms with Crippen molar-refractivity contribution >= 4 is 33.1 Å². The summed E-state index contributed by atoms with van der Waals surface area (Å²) < 4.78 is 1.53. The number of fused-ring (bicyclic) bond motifs is 2. The molecule has 0 bridgehead atoms. The van der Waals surface area contributed by atoms with Crippen LogP contribution < -0.4 is 10.9 Å². The van der Waals surface area contributed by atoms with E-state index in [4.69, 9.17) is 0 Å². The van der Waals surface area contributed by atoms with Gasteiger partial charge in [0.2, 0.25) is 5.91 Å². The van der Waals surface area contributed by atoms with E-state index >= 15 is 0 Å². The maximum atomic E-state index is 13.0. The van der Waals surface area contributed by atoms with Crippen LogP contribution in [0.15, 0.2) is 35.1 Å². The first-order valence-corrected chi connectivity index (χ1v) is 10.3. The number of anilines is 1. The number of nitrogens with zero attached hydrogens (tertiary/aromatic N) is 2. The van der Waals surface area contributed by atoms with Gasteiger partial charge in [-0.3, -0.25) is 14.2 Å². The van der Waals surface area contributed by atoms with Gasteiger partial charge in [-0.05, 0) is 56.7 Å². The number of rotatable bonds is 3. The van der Waals surface area contributed by atoms with E-state index in [0.29, 0.717) is 10.6 Å². The summed E-state index contributed by atoms with van der Waals surface area (Å²) in [7, 11) is 0. The third-order valence-corrected chi connectivity index (χ3v) is 6.66. The predicted octanol–water partition coefficient (Wildman–Crippen LogP) is 4.32. The van der Waals surface area contributed by atoms with E-state index in [-0.39, 0.29) is 11.5 Å². The van der Waals surface area contributed by atoms with E-state index in [2.05, 4.69) is 11.4 Å². The number of carbonyl (C=O) groups is 1. The van der Waals surface area contributed by atoms with Crippen LogP contribution in [-0.2, 0) is 17.6 Å². The van der Waals surface area contributed by atoms with Crippen LogP contribution in [0.3, 0.4) is 0 Å². The van der Waals surface area contributed by atoms with Gasteiger partial charge in [-0.2, -0.15) is 5.26 Å². The highest BCUT2D eigenvalue weighted by Crippen LogP contribution is 2.38. The molecule has 0 radical (unpaired) electrons. The molecule has 0 spiro atoms. The molecule has 2 heterocycles. The van der Waals surface area contributed by atoms with E-state index < -0.39 is 6.04 Å². The maximum absolute atomic E-state index is 13.0. The van der Waals surface area contributed by atoms with Crippen molar-refractivity contribution in [3.8, 4) is 6.07 Å². The Labute approximate surface area is 167 Å². The molecule has 6 heteroatoms. The SMILES string of the molecule is Cc1cc(=O)n(C(C)C(=O)Nc2sc3c(c2C#N)CCCC3)c2ccccc12. The number of pyridine rings is 1.